The SMILES string of the molecule is CC(Cn1ccnc1)NC(=O)Cc1nc(CCl)cs1. The number of nitrogens with zero attached hydrogens (tertiary/aromatic N) is 3. The predicted molar refractivity (Wildman–Crippen MR) is 75.2 cm³/mol. The molecule has 0 bridgehead atoms. The van der Waals surface area contributed by atoms with Crippen LogP contribution in [0.3, 0.4) is 0 Å². The van der Waals surface area contributed by atoms with E-state index in [1.165, 1.54) is 11.3 Å². The normalized spacial score (nSPS) is 12.3. The molecule has 19 heavy (non-hydrogen) atoms. The molecule has 1 amide bonds. The van der Waals surface area contributed by atoms with Crippen molar-refractivity contribution in [1.29, 1.82) is 0 Å². The van der Waals surface area contributed by atoms with Crippen LogP contribution in [-0.4, -0.2) is 26.5 Å². The van der Waals surface area contributed by atoms with Crippen molar-refractivity contribution in [3.8, 4) is 0 Å². The van der Waals surface area contributed by atoms with Crippen molar-refractivity contribution in [2.75, 3.05) is 0 Å². The van der Waals surface area contributed by atoms with Gasteiger partial charge in [-0.15, -0.1) is 22.9 Å². The summed E-state index contributed by atoms with van der Waals surface area (Å²) in [6.07, 6.45) is 5.63. The quantitative estimate of drug-likeness (QED) is 0.828. The van der Waals surface area contributed by atoms with E-state index in [1.807, 2.05) is 23.1 Å². The first kappa shape index (κ1) is 14.0. The molecule has 102 valence electrons. The standard InChI is InChI=1S/C12H15ClN4OS/c1-9(6-17-3-2-14-8-17)15-11(18)4-12-16-10(5-13)7-19-12/h2-3,7-9H,4-6H2,1H3,(H,15,18). The molecule has 2 heterocycles. The number of thiazole rings is 1. The Hall–Kier alpha value is -1.40. The lowest BCUT2D eigenvalue weighted by molar-refractivity contribution is -0.121. The van der Waals surface area contributed by atoms with Crippen LogP contribution in [0.15, 0.2) is 24.1 Å². The summed E-state index contributed by atoms with van der Waals surface area (Å²) in [5.41, 5.74) is 0.820. The van der Waals surface area contributed by atoms with Gasteiger partial charge in [-0.05, 0) is 6.92 Å². The van der Waals surface area contributed by atoms with E-state index < -0.39 is 0 Å². The highest BCUT2D eigenvalue weighted by molar-refractivity contribution is 7.09. The smallest absolute Gasteiger partial charge is 0.227 e. The van der Waals surface area contributed by atoms with Crippen molar-refractivity contribution in [3.63, 3.8) is 0 Å². The molecule has 0 saturated heterocycles. The maximum absolute atomic E-state index is 11.8. The summed E-state index contributed by atoms with van der Waals surface area (Å²) in [6, 6.07) is 0.0501. The second kappa shape index (κ2) is 6.68. The lowest BCUT2D eigenvalue weighted by Crippen LogP contribution is -2.36. The van der Waals surface area contributed by atoms with Crippen LogP contribution in [0.4, 0.5) is 0 Å². The summed E-state index contributed by atoms with van der Waals surface area (Å²) >= 11 is 7.14. The fourth-order valence-corrected chi connectivity index (χ4v) is 2.73. The summed E-state index contributed by atoms with van der Waals surface area (Å²) in [7, 11) is 0. The van der Waals surface area contributed by atoms with Crippen LogP contribution in [0.25, 0.3) is 0 Å². The van der Waals surface area contributed by atoms with E-state index >= 15 is 0 Å². The third-order valence-electron chi connectivity index (χ3n) is 2.50. The van der Waals surface area contributed by atoms with Crippen molar-refractivity contribution in [2.24, 2.45) is 0 Å². The second-order valence-corrected chi connectivity index (χ2v) is 5.48. The van der Waals surface area contributed by atoms with Gasteiger partial charge in [0.25, 0.3) is 0 Å². The minimum atomic E-state index is -0.0249. The number of carbonyl (C=O) groups is 1. The molecule has 7 heteroatoms. The van der Waals surface area contributed by atoms with Crippen molar-refractivity contribution in [3.05, 3.63) is 34.8 Å². The molecule has 0 aliphatic heterocycles. The van der Waals surface area contributed by atoms with Crippen LogP contribution in [0, 0.1) is 0 Å². The highest BCUT2D eigenvalue weighted by Crippen LogP contribution is 2.12. The van der Waals surface area contributed by atoms with Crippen molar-refractivity contribution >= 4 is 28.8 Å². The molecule has 2 aromatic heterocycles. The van der Waals surface area contributed by atoms with E-state index in [2.05, 4.69) is 15.3 Å². The fourth-order valence-electron chi connectivity index (χ4n) is 1.71. The first-order chi connectivity index (χ1) is 9.17. The number of hydrogen-bond acceptors (Lipinski definition) is 4. The fraction of sp³-hybridized carbons (Fsp3) is 0.417. The molecular weight excluding hydrogens is 284 g/mol. The van der Waals surface area contributed by atoms with Gasteiger partial charge in [0.05, 0.1) is 24.3 Å². The van der Waals surface area contributed by atoms with Gasteiger partial charge in [-0.1, -0.05) is 0 Å². The van der Waals surface area contributed by atoms with Crippen molar-refractivity contribution in [2.45, 2.75) is 31.8 Å². The van der Waals surface area contributed by atoms with Gasteiger partial charge in [0, 0.05) is 30.4 Å². The van der Waals surface area contributed by atoms with E-state index in [0.29, 0.717) is 18.8 Å². The second-order valence-electron chi connectivity index (χ2n) is 4.27. The average molecular weight is 299 g/mol. The Kier molecular flexibility index (Phi) is 4.93. The summed E-state index contributed by atoms with van der Waals surface area (Å²) in [5, 5.41) is 5.61. The van der Waals surface area contributed by atoms with Crippen molar-refractivity contribution in [1.82, 2.24) is 19.9 Å². The number of alkyl halides is 1. The molecule has 0 aliphatic rings. The van der Waals surface area contributed by atoms with Crippen LogP contribution in [0.5, 0.6) is 0 Å². The Morgan fingerprint density at radius 2 is 2.47 bits per heavy atom. The maximum atomic E-state index is 11.8. The molecule has 1 N–H and O–H groups in total. The number of halogens is 1. The summed E-state index contributed by atoms with van der Waals surface area (Å²) in [4.78, 5) is 20.1. The van der Waals surface area contributed by atoms with Gasteiger partial charge in [0.2, 0.25) is 5.91 Å². The number of amides is 1. The molecule has 0 radical (unpaired) electrons. The highest BCUT2D eigenvalue weighted by atomic mass is 35.5. The number of hydrogen-bond donors (Lipinski definition) is 1. The van der Waals surface area contributed by atoms with E-state index in [4.69, 9.17) is 11.6 Å². The number of imidazole rings is 1. The Labute approximate surface area is 120 Å². The molecule has 0 aromatic carbocycles. The molecule has 1 atom stereocenters. The molecule has 0 fully saturated rings. The molecule has 0 aliphatic carbocycles. The maximum Gasteiger partial charge on any atom is 0.227 e. The third-order valence-corrected chi connectivity index (χ3v) is 3.67. The highest BCUT2D eigenvalue weighted by Gasteiger charge is 2.11. The van der Waals surface area contributed by atoms with E-state index in [0.717, 1.165) is 10.7 Å². The first-order valence-electron chi connectivity index (χ1n) is 5.91. The van der Waals surface area contributed by atoms with E-state index in [-0.39, 0.29) is 11.9 Å². The predicted octanol–water partition coefficient (Wildman–Crippen LogP) is 1.83. The van der Waals surface area contributed by atoms with Crippen LogP contribution >= 0.6 is 22.9 Å². The average Bonchev–Trinajstić information content (AvgIpc) is 3.00. The number of rotatable bonds is 6. The van der Waals surface area contributed by atoms with Gasteiger partial charge in [0.1, 0.15) is 5.01 Å². The minimum Gasteiger partial charge on any atom is -0.351 e. The number of nitrogens with one attached hydrogen (secondary N) is 1. The Morgan fingerprint density at radius 3 is 3.11 bits per heavy atom. The van der Waals surface area contributed by atoms with Gasteiger partial charge >= 0.3 is 0 Å². The lowest BCUT2D eigenvalue weighted by atomic mass is 10.3. The summed E-state index contributed by atoms with van der Waals surface area (Å²) in [5.74, 6) is 0.359. The van der Waals surface area contributed by atoms with Gasteiger partial charge in [0.15, 0.2) is 0 Å². The Balaban J connectivity index is 1.80. The van der Waals surface area contributed by atoms with Gasteiger partial charge in [-0.25, -0.2) is 9.97 Å². The monoisotopic (exact) mass is 298 g/mol. The van der Waals surface area contributed by atoms with Gasteiger partial charge in [-0.2, -0.15) is 0 Å². The van der Waals surface area contributed by atoms with Crippen molar-refractivity contribution < 1.29 is 4.79 Å². The molecular formula is C12H15ClN4OS. The van der Waals surface area contributed by atoms with Gasteiger partial charge < -0.3 is 9.88 Å². The molecule has 5 nitrogen and oxygen atoms in total. The Morgan fingerprint density at radius 1 is 1.63 bits per heavy atom. The molecule has 0 spiro atoms. The number of aromatic nitrogens is 3. The largest absolute Gasteiger partial charge is 0.351 e. The van der Waals surface area contributed by atoms with Crippen LogP contribution < -0.4 is 5.32 Å². The first-order valence-corrected chi connectivity index (χ1v) is 7.33. The topological polar surface area (TPSA) is 59.8 Å². The Bertz CT molecular complexity index is 526. The zero-order valence-corrected chi connectivity index (χ0v) is 12.1. The summed E-state index contributed by atoms with van der Waals surface area (Å²) in [6.45, 7) is 2.67. The lowest BCUT2D eigenvalue weighted by Gasteiger charge is -2.13. The summed E-state index contributed by atoms with van der Waals surface area (Å²) < 4.78 is 1.93. The van der Waals surface area contributed by atoms with E-state index in [9.17, 15) is 4.79 Å². The zero-order chi connectivity index (χ0) is 13.7. The molecule has 0 saturated carbocycles. The molecule has 2 rings (SSSR count). The van der Waals surface area contributed by atoms with Gasteiger partial charge in [-0.3, -0.25) is 4.79 Å². The number of carbonyl (C=O) groups excluding carboxylic acids is 1. The molecule has 2 aromatic rings. The van der Waals surface area contributed by atoms with Crippen LogP contribution in [0.1, 0.15) is 17.6 Å². The molecule has 1 unspecified atom stereocenters. The van der Waals surface area contributed by atoms with Crippen LogP contribution in [0.2, 0.25) is 0 Å². The zero-order valence-electron chi connectivity index (χ0n) is 10.5. The minimum absolute atomic E-state index is 0.0249. The van der Waals surface area contributed by atoms with Crippen LogP contribution in [-0.2, 0) is 23.6 Å². The third kappa shape index (κ3) is 4.33. The van der Waals surface area contributed by atoms with E-state index in [1.54, 1.807) is 12.5 Å².